The minimum absolute atomic E-state index is 0.0504. The molecular weight excluding hydrogens is 355 g/mol. The number of para-hydroxylation sites is 1. The van der Waals surface area contributed by atoms with Crippen LogP contribution in [0.15, 0.2) is 54.6 Å². The fraction of sp³-hybridized carbons (Fsp3) is 0.368. The highest BCUT2D eigenvalue weighted by Crippen LogP contribution is 2.32. The van der Waals surface area contributed by atoms with Gasteiger partial charge in [0.15, 0.2) is 0 Å². The molecule has 0 saturated carbocycles. The average molecular weight is 374 g/mol. The van der Waals surface area contributed by atoms with E-state index < -0.39 is 18.7 Å². The van der Waals surface area contributed by atoms with Crippen LogP contribution in [-0.2, 0) is 6.11 Å². The Labute approximate surface area is 148 Å². The van der Waals surface area contributed by atoms with Crippen molar-refractivity contribution in [2.24, 2.45) is 0 Å². The normalized spacial score (nSPS) is 12.0. The lowest BCUT2D eigenvalue weighted by Gasteiger charge is -2.18. The van der Waals surface area contributed by atoms with Crippen LogP contribution in [0, 0.1) is 0 Å². The van der Waals surface area contributed by atoms with Crippen molar-refractivity contribution in [1.29, 1.82) is 0 Å². The minimum Gasteiger partial charge on any atom is -0.494 e. The first-order valence-corrected chi connectivity index (χ1v) is 8.18. The minimum atomic E-state index is -4.14. The Morgan fingerprint density at radius 3 is 1.96 bits per heavy atom. The summed E-state index contributed by atoms with van der Waals surface area (Å²) >= 11 is 0. The Kier molecular flexibility index (Phi) is 6.83. The lowest BCUT2D eigenvalue weighted by atomic mass is 10.2. The van der Waals surface area contributed by atoms with Gasteiger partial charge in [0.1, 0.15) is 11.5 Å². The quantitative estimate of drug-likeness (QED) is 0.378. The second-order valence-corrected chi connectivity index (χ2v) is 5.73. The molecule has 0 aromatic heterocycles. The van der Waals surface area contributed by atoms with E-state index in [-0.39, 0.29) is 24.3 Å². The first-order valence-electron chi connectivity index (χ1n) is 8.18. The van der Waals surface area contributed by atoms with Gasteiger partial charge < -0.3 is 9.47 Å². The van der Waals surface area contributed by atoms with Gasteiger partial charge in [-0.25, -0.2) is 0 Å². The van der Waals surface area contributed by atoms with Crippen molar-refractivity contribution in [3.8, 4) is 11.5 Å². The van der Waals surface area contributed by atoms with Crippen molar-refractivity contribution in [2.45, 2.75) is 38.0 Å². The molecule has 0 heterocycles. The van der Waals surface area contributed by atoms with E-state index >= 15 is 0 Å². The van der Waals surface area contributed by atoms with Gasteiger partial charge in [-0.05, 0) is 55.7 Å². The molecule has 2 nitrogen and oxygen atoms in total. The van der Waals surface area contributed by atoms with Crippen molar-refractivity contribution in [3.63, 3.8) is 0 Å². The summed E-state index contributed by atoms with van der Waals surface area (Å²) in [5, 5.41) is 0. The molecule has 0 amide bonds. The van der Waals surface area contributed by atoms with Crippen LogP contribution in [0.3, 0.4) is 0 Å². The number of alkyl halides is 5. The zero-order valence-electron chi connectivity index (χ0n) is 13.9. The zero-order chi connectivity index (χ0) is 19.0. The second kappa shape index (κ2) is 8.87. The zero-order valence-corrected chi connectivity index (χ0v) is 13.9. The molecule has 7 heteroatoms. The van der Waals surface area contributed by atoms with E-state index in [2.05, 4.69) is 0 Å². The lowest BCUT2D eigenvalue weighted by Crippen LogP contribution is -2.21. The van der Waals surface area contributed by atoms with E-state index in [4.69, 9.17) is 9.47 Å². The molecule has 0 saturated heterocycles. The van der Waals surface area contributed by atoms with Crippen LogP contribution in [0.4, 0.5) is 22.0 Å². The summed E-state index contributed by atoms with van der Waals surface area (Å²) in [6.07, 6.45) is -7.53. The van der Waals surface area contributed by atoms with Crippen LogP contribution in [0.25, 0.3) is 0 Å². The van der Waals surface area contributed by atoms with Crippen molar-refractivity contribution in [2.75, 3.05) is 6.61 Å². The molecule has 0 bridgehead atoms. The van der Waals surface area contributed by atoms with Gasteiger partial charge in [-0.1, -0.05) is 18.2 Å². The first-order chi connectivity index (χ1) is 12.3. The molecule has 142 valence electrons. The Morgan fingerprint density at radius 1 is 0.692 bits per heavy atom. The van der Waals surface area contributed by atoms with Gasteiger partial charge >= 0.3 is 12.3 Å². The number of halogens is 5. The molecule has 0 radical (unpaired) electrons. The van der Waals surface area contributed by atoms with Crippen molar-refractivity contribution in [3.05, 3.63) is 60.2 Å². The highest BCUT2D eigenvalue weighted by molar-refractivity contribution is 5.30. The number of unbranched alkanes of at least 4 members (excludes halogenated alkanes) is 2. The standard InChI is InChI=1S/C19H19F5O2/c20-18(21,22)13-5-2-6-14-25-16-11-9-15(10-12-16)19(23,24)26-17-7-3-1-4-8-17/h1,3-4,7-12H,2,5-6,13-14H2. The van der Waals surface area contributed by atoms with Gasteiger partial charge in [-0.3, -0.25) is 0 Å². The number of ether oxygens (including phenoxy) is 2. The maximum absolute atomic E-state index is 14.1. The van der Waals surface area contributed by atoms with Crippen LogP contribution < -0.4 is 9.47 Å². The molecule has 2 rings (SSSR count). The largest absolute Gasteiger partial charge is 0.494 e. The summed E-state index contributed by atoms with van der Waals surface area (Å²) in [7, 11) is 0. The maximum atomic E-state index is 14.1. The highest BCUT2D eigenvalue weighted by Gasteiger charge is 2.34. The SMILES string of the molecule is FC(F)(F)CCCCCOc1ccc(C(F)(F)Oc2ccccc2)cc1. The molecule has 2 aromatic rings. The van der Waals surface area contributed by atoms with Crippen LogP contribution in [0.5, 0.6) is 11.5 Å². The van der Waals surface area contributed by atoms with Crippen LogP contribution in [-0.4, -0.2) is 12.8 Å². The molecule has 0 N–H and O–H groups in total. The van der Waals surface area contributed by atoms with E-state index in [9.17, 15) is 22.0 Å². The number of benzene rings is 2. The van der Waals surface area contributed by atoms with Crippen LogP contribution in [0.1, 0.15) is 31.2 Å². The molecule has 0 aliphatic carbocycles. The van der Waals surface area contributed by atoms with Crippen LogP contribution in [0.2, 0.25) is 0 Å². The Morgan fingerprint density at radius 2 is 1.35 bits per heavy atom. The molecule has 2 aromatic carbocycles. The molecule has 0 aliphatic rings. The van der Waals surface area contributed by atoms with Gasteiger partial charge in [0.2, 0.25) is 0 Å². The van der Waals surface area contributed by atoms with E-state index in [1.807, 2.05) is 0 Å². The first kappa shape index (κ1) is 20.0. The predicted molar refractivity (Wildman–Crippen MR) is 87.4 cm³/mol. The fourth-order valence-electron chi connectivity index (χ4n) is 2.23. The summed E-state index contributed by atoms with van der Waals surface area (Å²) in [6, 6.07) is 12.9. The molecule has 0 atom stereocenters. The topological polar surface area (TPSA) is 18.5 Å². The van der Waals surface area contributed by atoms with Crippen LogP contribution >= 0.6 is 0 Å². The summed E-state index contributed by atoms with van der Waals surface area (Å²) in [5.74, 6) is 0.428. The second-order valence-electron chi connectivity index (χ2n) is 5.73. The van der Waals surface area contributed by atoms with E-state index in [0.717, 1.165) is 0 Å². The fourth-order valence-corrected chi connectivity index (χ4v) is 2.23. The maximum Gasteiger partial charge on any atom is 0.426 e. The summed E-state index contributed by atoms with van der Waals surface area (Å²) in [5.41, 5.74) is -0.320. The predicted octanol–water partition coefficient (Wildman–Crippen LogP) is 6.32. The third-order valence-electron chi connectivity index (χ3n) is 3.55. The van der Waals surface area contributed by atoms with E-state index in [0.29, 0.717) is 18.6 Å². The Balaban J connectivity index is 1.78. The van der Waals surface area contributed by atoms with Gasteiger partial charge in [-0.2, -0.15) is 22.0 Å². The summed E-state index contributed by atoms with van der Waals surface area (Å²) in [6.45, 7) is 0.230. The van der Waals surface area contributed by atoms with Gasteiger partial charge in [0.25, 0.3) is 0 Å². The average Bonchev–Trinajstić information content (AvgIpc) is 2.58. The molecule has 0 aliphatic heterocycles. The summed E-state index contributed by atoms with van der Waals surface area (Å²) in [4.78, 5) is 0. The third kappa shape index (κ3) is 6.90. The van der Waals surface area contributed by atoms with E-state index in [1.54, 1.807) is 18.2 Å². The van der Waals surface area contributed by atoms with Gasteiger partial charge in [0.05, 0.1) is 12.2 Å². The Hall–Kier alpha value is -2.31. The smallest absolute Gasteiger partial charge is 0.426 e. The van der Waals surface area contributed by atoms with Gasteiger partial charge in [0, 0.05) is 6.42 Å². The Bertz CT molecular complexity index is 654. The van der Waals surface area contributed by atoms with Gasteiger partial charge in [-0.15, -0.1) is 0 Å². The molecule has 0 unspecified atom stereocenters. The number of hydrogen-bond acceptors (Lipinski definition) is 2. The molecule has 0 spiro atoms. The molecular formula is C19H19F5O2. The number of rotatable bonds is 9. The molecule has 0 fully saturated rings. The van der Waals surface area contributed by atoms with E-state index in [1.165, 1.54) is 36.4 Å². The molecule has 26 heavy (non-hydrogen) atoms. The van der Waals surface area contributed by atoms with Crippen molar-refractivity contribution < 1.29 is 31.4 Å². The third-order valence-corrected chi connectivity index (χ3v) is 3.55. The van der Waals surface area contributed by atoms with Crippen molar-refractivity contribution in [1.82, 2.24) is 0 Å². The monoisotopic (exact) mass is 374 g/mol. The highest BCUT2D eigenvalue weighted by atomic mass is 19.4. The summed E-state index contributed by atoms with van der Waals surface area (Å²) < 4.78 is 74.3. The van der Waals surface area contributed by atoms with Crippen molar-refractivity contribution >= 4 is 0 Å². The lowest BCUT2D eigenvalue weighted by molar-refractivity contribution is -0.185. The number of hydrogen-bond donors (Lipinski definition) is 0.